The van der Waals surface area contributed by atoms with E-state index in [0.717, 1.165) is 32.1 Å². The zero-order valence-electron chi connectivity index (χ0n) is 23.0. The number of esters is 1. The fourth-order valence-corrected chi connectivity index (χ4v) is 10.5. The molecule has 5 rings (SSSR count). The van der Waals surface area contributed by atoms with Gasteiger partial charge >= 0.3 is 5.97 Å². The van der Waals surface area contributed by atoms with Crippen LogP contribution in [0.5, 0.6) is 0 Å². The van der Waals surface area contributed by atoms with Gasteiger partial charge in [0.25, 0.3) is 0 Å². The molecule has 5 fully saturated rings. The Balaban J connectivity index is 1.39. The molecule has 3 saturated carbocycles. The number of nitrogens with zero attached hydrogens (tertiary/aromatic N) is 1. The van der Waals surface area contributed by atoms with E-state index in [1.165, 1.54) is 12.8 Å². The summed E-state index contributed by atoms with van der Waals surface area (Å²) in [5.41, 5.74) is -1.24. The van der Waals surface area contributed by atoms with Crippen LogP contribution in [0.15, 0.2) is 12.7 Å². The van der Waals surface area contributed by atoms with Gasteiger partial charge in [0.05, 0.1) is 11.9 Å². The number of carbonyl (C=O) groups excluding carboxylic acids is 2. The van der Waals surface area contributed by atoms with E-state index in [4.69, 9.17) is 4.74 Å². The van der Waals surface area contributed by atoms with E-state index in [1.807, 2.05) is 6.08 Å². The van der Waals surface area contributed by atoms with Crippen molar-refractivity contribution in [2.75, 3.05) is 12.8 Å². The Kier molecular flexibility index (Phi) is 6.99. The van der Waals surface area contributed by atoms with Crippen LogP contribution < -0.4 is 0 Å². The quantitative estimate of drug-likeness (QED) is 0.397. The van der Waals surface area contributed by atoms with Gasteiger partial charge < -0.3 is 14.7 Å². The Morgan fingerprint density at radius 1 is 1.19 bits per heavy atom. The first-order chi connectivity index (χ1) is 17.0. The highest BCUT2D eigenvalue weighted by molar-refractivity contribution is 8.00. The number of carbonyl (C=O) groups is 2. The average Bonchev–Trinajstić information content (AvgIpc) is 3.28. The Morgan fingerprint density at radius 2 is 1.86 bits per heavy atom. The number of piperidine rings is 1. The van der Waals surface area contributed by atoms with Crippen molar-refractivity contribution >= 4 is 23.5 Å². The molecular weight excluding hydrogens is 470 g/mol. The number of hydrogen-bond donors (Lipinski definition) is 1. The van der Waals surface area contributed by atoms with Gasteiger partial charge in [0, 0.05) is 40.5 Å². The number of fused-ring (bicyclic) bond motifs is 2. The maximum Gasteiger partial charge on any atom is 0.316 e. The lowest BCUT2D eigenvalue weighted by molar-refractivity contribution is -0.205. The average molecular weight is 518 g/mol. The van der Waals surface area contributed by atoms with E-state index < -0.39 is 23.0 Å². The fraction of sp³-hybridized carbons (Fsp3) is 0.867. The van der Waals surface area contributed by atoms with Gasteiger partial charge in [0.2, 0.25) is 0 Å². The molecular formula is C30H47NO4S. The lowest BCUT2D eigenvalue weighted by atomic mass is 9.44. The molecule has 2 saturated heterocycles. The van der Waals surface area contributed by atoms with Crippen molar-refractivity contribution in [3.05, 3.63) is 12.7 Å². The molecule has 0 aromatic rings. The molecule has 0 amide bonds. The molecule has 2 aliphatic heterocycles. The van der Waals surface area contributed by atoms with Gasteiger partial charge in [0.1, 0.15) is 11.9 Å². The van der Waals surface area contributed by atoms with Crippen molar-refractivity contribution in [1.82, 2.24) is 4.90 Å². The zero-order chi connectivity index (χ0) is 26.0. The summed E-state index contributed by atoms with van der Waals surface area (Å²) in [5.74, 6) is 0.605. The second kappa shape index (κ2) is 9.41. The summed E-state index contributed by atoms with van der Waals surface area (Å²) in [4.78, 5) is 29.4. The molecule has 0 spiro atoms. The molecule has 3 aliphatic carbocycles. The summed E-state index contributed by atoms with van der Waals surface area (Å²) in [7, 11) is 2.24. The maximum atomic E-state index is 13.5. The van der Waals surface area contributed by atoms with E-state index in [-0.39, 0.29) is 29.1 Å². The highest BCUT2D eigenvalue weighted by Crippen LogP contribution is 2.68. The Bertz CT molecular complexity index is 895. The predicted octanol–water partition coefficient (Wildman–Crippen LogP) is 5.25. The number of aliphatic hydroxyl groups is 1. The third-order valence-electron chi connectivity index (χ3n) is 12.1. The number of aliphatic hydroxyl groups excluding tert-OH is 1. The van der Waals surface area contributed by atoms with Crippen molar-refractivity contribution in [1.29, 1.82) is 0 Å². The second-order valence-electron chi connectivity index (χ2n) is 13.5. The summed E-state index contributed by atoms with van der Waals surface area (Å²) in [5, 5.41) is 12.2. The highest BCUT2D eigenvalue weighted by atomic mass is 32.2. The number of hydrogen-bond acceptors (Lipinski definition) is 6. The number of ether oxygens (including phenoxy) is 1. The van der Waals surface area contributed by atoms with Crippen LogP contribution in [0, 0.1) is 34.0 Å². The number of thioether (sulfide) groups is 1. The third kappa shape index (κ3) is 3.95. The first-order valence-electron chi connectivity index (χ1n) is 14.3. The van der Waals surface area contributed by atoms with Gasteiger partial charge in [-0.05, 0) is 75.7 Å². The molecule has 5 nitrogen and oxygen atoms in total. The number of Topliss-reactive ketones (excluding diaryl/α,β-unsaturated/α-hetero) is 1. The van der Waals surface area contributed by atoms with E-state index >= 15 is 0 Å². The van der Waals surface area contributed by atoms with Gasteiger partial charge in [-0.25, -0.2) is 0 Å². The summed E-state index contributed by atoms with van der Waals surface area (Å²) < 4.78 is 6.42. The largest absolute Gasteiger partial charge is 0.461 e. The SMILES string of the molecule is C=C[C@]1(C)C[C@@H](OC(=O)CSC2C[C@H]3CC[C@@H](C2)N3C)[C@@]2(C)[C@H](C)CC[C@@]3(CCC(=O)[C@H]32)[C@@H](C)[C@@H]1O. The Hall–Kier alpha value is -0.850. The van der Waals surface area contributed by atoms with Crippen LogP contribution in [0.2, 0.25) is 0 Å². The lowest BCUT2D eigenvalue weighted by Gasteiger charge is -2.61. The molecule has 0 aromatic carbocycles. The molecule has 36 heavy (non-hydrogen) atoms. The minimum atomic E-state index is -0.619. The Morgan fingerprint density at radius 3 is 2.50 bits per heavy atom. The van der Waals surface area contributed by atoms with Crippen LogP contribution in [-0.2, 0) is 14.3 Å². The van der Waals surface area contributed by atoms with Crippen LogP contribution in [0.1, 0.15) is 85.5 Å². The second-order valence-corrected chi connectivity index (χ2v) is 14.8. The first kappa shape index (κ1) is 26.7. The molecule has 4 bridgehead atoms. The molecule has 0 radical (unpaired) electrons. The summed E-state index contributed by atoms with van der Waals surface area (Å²) in [6.07, 6.45) is 9.58. The smallest absolute Gasteiger partial charge is 0.316 e. The van der Waals surface area contributed by atoms with Gasteiger partial charge in [0.15, 0.2) is 0 Å². The summed E-state index contributed by atoms with van der Waals surface area (Å²) in [6.45, 7) is 12.8. The van der Waals surface area contributed by atoms with Crippen LogP contribution >= 0.6 is 11.8 Å². The molecule has 5 aliphatic rings. The molecule has 1 N–H and O–H groups in total. The van der Waals surface area contributed by atoms with Crippen LogP contribution in [0.3, 0.4) is 0 Å². The predicted molar refractivity (Wildman–Crippen MR) is 145 cm³/mol. The van der Waals surface area contributed by atoms with Crippen molar-refractivity contribution in [2.45, 2.75) is 115 Å². The van der Waals surface area contributed by atoms with E-state index in [0.29, 0.717) is 41.7 Å². The van der Waals surface area contributed by atoms with Gasteiger partial charge in [-0.2, -0.15) is 0 Å². The maximum absolute atomic E-state index is 13.5. The Labute approximate surface area is 222 Å². The lowest BCUT2D eigenvalue weighted by Crippen LogP contribution is -2.63. The minimum Gasteiger partial charge on any atom is -0.461 e. The van der Waals surface area contributed by atoms with Crippen molar-refractivity contribution in [3.8, 4) is 0 Å². The van der Waals surface area contributed by atoms with Gasteiger partial charge in [-0.3, -0.25) is 9.59 Å². The molecule has 0 aromatic heterocycles. The van der Waals surface area contributed by atoms with E-state index in [9.17, 15) is 14.7 Å². The van der Waals surface area contributed by atoms with Crippen LogP contribution in [0.4, 0.5) is 0 Å². The number of rotatable bonds is 5. The minimum absolute atomic E-state index is 0.00390. The first-order valence-corrected chi connectivity index (χ1v) is 15.4. The standard InChI is InChI=1S/C30H47NO4S/c1-7-28(4)16-24(35-25(33)17-36-22-14-20-8-9-21(15-22)31(20)6)29(5)18(2)10-12-30(19(3)27(28)34)13-11-23(32)26(29)30/h7,18-22,24,26-27,34H,1,8-17H2,2-6H3/t18-,19+,20-,21+,22?,24-,26+,27+,28-,29-,30-/m1/s1. The third-order valence-corrected chi connectivity index (χ3v) is 13.3. The summed E-state index contributed by atoms with van der Waals surface area (Å²) >= 11 is 1.76. The zero-order valence-corrected chi connectivity index (χ0v) is 23.8. The van der Waals surface area contributed by atoms with Crippen molar-refractivity contribution in [2.24, 2.45) is 34.0 Å². The topological polar surface area (TPSA) is 66.8 Å². The van der Waals surface area contributed by atoms with Crippen molar-refractivity contribution < 1.29 is 19.4 Å². The monoisotopic (exact) mass is 517 g/mol. The molecule has 202 valence electrons. The highest BCUT2D eigenvalue weighted by Gasteiger charge is 2.68. The van der Waals surface area contributed by atoms with E-state index in [2.05, 4.69) is 46.2 Å². The van der Waals surface area contributed by atoms with Crippen LogP contribution in [-0.4, -0.2) is 64.1 Å². The molecule has 6 heteroatoms. The van der Waals surface area contributed by atoms with Crippen molar-refractivity contribution in [3.63, 3.8) is 0 Å². The molecule has 11 atom stereocenters. The normalized spacial score (nSPS) is 50.8. The summed E-state index contributed by atoms with van der Waals surface area (Å²) in [6, 6.07) is 1.31. The van der Waals surface area contributed by atoms with Gasteiger partial charge in [-0.1, -0.05) is 33.8 Å². The molecule has 2 heterocycles. The van der Waals surface area contributed by atoms with E-state index in [1.54, 1.807) is 11.8 Å². The van der Waals surface area contributed by atoms with Gasteiger partial charge in [-0.15, -0.1) is 18.3 Å². The number of ketones is 1. The molecule has 1 unspecified atom stereocenters. The fourth-order valence-electron chi connectivity index (χ4n) is 9.38. The van der Waals surface area contributed by atoms with Crippen LogP contribution in [0.25, 0.3) is 0 Å².